The summed E-state index contributed by atoms with van der Waals surface area (Å²) in [6.07, 6.45) is -0.491. The SMILES string of the molecule is CO[C@H](C)[C@H](NC(=O)OCC1c2ccccc2-c2ccccc21)C(=O)N1CCC(C(=O)O)CC1. The zero-order chi connectivity index (χ0) is 24.2. The zero-order valence-electron chi connectivity index (χ0n) is 19.4. The molecule has 1 fully saturated rings. The Labute approximate surface area is 198 Å². The first kappa shape index (κ1) is 23.8. The Morgan fingerprint density at radius 3 is 2.12 bits per heavy atom. The van der Waals surface area contributed by atoms with Crippen LogP contribution in [0, 0.1) is 5.92 Å². The predicted molar refractivity (Wildman–Crippen MR) is 125 cm³/mol. The van der Waals surface area contributed by atoms with Gasteiger partial charge in [-0.15, -0.1) is 0 Å². The Morgan fingerprint density at radius 1 is 1.03 bits per heavy atom. The summed E-state index contributed by atoms with van der Waals surface area (Å²) in [6.45, 7) is 2.51. The van der Waals surface area contributed by atoms with Gasteiger partial charge in [-0.2, -0.15) is 0 Å². The van der Waals surface area contributed by atoms with Crippen molar-refractivity contribution in [3.63, 3.8) is 0 Å². The number of methoxy groups -OCH3 is 1. The van der Waals surface area contributed by atoms with Crippen molar-refractivity contribution in [1.82, 2.24) is 10.2 Å². The number of carboxylic acid groups (broad SMARTS) is 1. The third-order valence-electron chi connectivity index (χ3n) is 6.88. The minimum absolute atomic E-state index is 0.0813. The number of fused-ring (bicyclic) bond motifs is 3. The standard InChI is InChI=1S/C26H30N2O6/c1-16(33-2)23(24(29)28-13-11-17(12-14-28)25(30)31)27-26(32)34-15-22-20-9-5-3-7-18(20)19-8-4-6-10-21(19)22/h3-10,16-17,22-23H,11-15H2,1-2H3,(H,27,32)(H,30,31)/t16-,23+/m1/s1. The molecular formula is C26H30N2O6. The van der Waals surface area contributed by atoms with Crippen LogP contribution in [0.2, 0.25) is 0 Å². The fraction of sp³-hybridized carbons (Fsp3) is 0.423. The summed E-state index contributed by atoms with van der Waals surface area (Å²) in [5, 5.41) is 11.9. The molecule has 1 heterocycles. The van der Waals surface area contributed by atoms with E-state index < -0.39 is 30.1 Å². The summed E-state index contributed by atoms with van der Waals surface area (Å²) < 4.78 is 10.9. The molecule has 2 atom stereocenters. The molecule has 0 radical (unpaired) electrons. The van der Waals surface area contributed by atoms with Gasteiger partial charge in [0.15, 0.2) is 0 Å². The van der Waals surface area contributed by atoms with E-state index in [0.717, 1.165) is 22.3 Å². The smallest absolute Gasteiger partial charge is 0.407 e. The lowest BCUT2D eigenvalue weighted by Gasteiger charge is -2.34. The molecule has 4 rings (SSSR count). The van der Waals surface area contributed by atoms with Crippen LogP contribution in [0.1, 0.15) is 36.8 Å². The molecule has 2 amide bonds. The Balaban J connectivity index is 1.40. The van der Waals surface area contributed by atoms with Crippen molar-refractivity contribution in [3.8, 4) is 11.1 Å². The molecular weight excluding hydrogens is 436 g/mol. The molecule has 0 spiro atoms. The summed E-state index contributed by atoms with van der Waals surface area (Å²) >= 11 is 0. The van der Waals surface area contributed by atoms with Gasteiger partial charge >= 0.3 is 12.1 Å². The lowest BCUT2D eigenvalue weighted by Crippen LogP contribution is -2.55. The topological polar surface area (TPSA) is 105 Å². The average molecular weight is 467 g/mol. The van der Waals surface area contributed by atoms with E-state index >= 15 is 0 Å². The number of aliphatic carboxylic acids is 1. The summed E-state index contributed by atoms with van der Waals surface area (Å²) in [4.78, 5) is 38.7. The first-order chi connectivity index (χ1) is 16.4. The highest BCUT2D eigenvalue weighted by molar-refractivity contribution is 5.86. The molecule has 8 nitrogen and oxygen atoms in total. The zero-order valence-corrected chi connectivity index (χ0v) is 19.4. The van der Waals surface area contributed by atoms with Crippen LogP contribution in [0.5, 0.6) is 0 Å². The van der Waals surface area contributed by atoms with Gasteiger partial charge in [0.2, 0.25) is 5.91 Å². The highest BCUT2D eigenvalue weighted by atomic mass is 16.5. The second kappa shape index (κ2) is 10.3. The number of ether oxygens (including phenoxy) is 2. The number of hydrogen-bond acceptors (Lipinski definition) is 5. The second-order valence-electron chi connectivity index (χ2n) is 8.83. The number of benzene rings is 2. The molecule has 1 saturated heterocycles. The first-order valence-electron chi connectivity index (χ1n) is 11.6. The Kier molecular flexibility index (Phi) is 7.17. The van der Waals surface area contributed by atoms with Crippen molar-refractivity contribution in [1.29, 1.82) is 0 Å². The van der Waals surface area contributed by atoms with Crippen LogP contribution in [0.25, 0.3) is 11.1 Å². The van der Waals surface area contributed by atoms with Crippen molar-refractivity contribution in [2.75, 3.05) is 26.8 Å². The lowest BCUT2D eigenvalue weighted by molar-refractivity contribution is -0.147. The maximum atomic E-state index is 13.1. The summed E-state index contributed by atoms with van der Waals surface area (Å²) in [5.74, 6) is -1.67. The van der Waals surface area contributed by atoms with E-state index in [2.05, 4.69) is 17.4 Å². The highest BCUT2D eigenvalue weighted by Gasteiger charge is 2.35. The molecule has 34 heavy (non-hydrogen) atoms. The predicted octanol–water partition coefficient (Wildman–Crippen LogP) is 3.25. The number of piperidine rings is 1. The number of nitrogens with one attached hydrogen (secondary N) is 1. The highest BCUT2D eigenvalue weighted by Crippen LogP contribution is 2.44. The van der Waals surface area contributed by atoms with E-state index in [1.165, 1.54) is 7.11 Å². The molecule has 0 saturated carbocycles. The van der Waals surface area contributed by atoms with Crippen molar-refractivity contribution < 1.29 is 29.0 Å². The molecule has 1 aliphatic heterocycles. The van der Waals surface area contributed by atoms with Gasteiger partial charge in [-0.1, -0.05) is 48.5 Å². The molecule has 0 bridgehead atoms. The molecule has 2 aromatic rings. The van der Waals surface area contributed by atoms with Crippen LogP contribution >= 0.6 is 0 Å². The third-order valence-corrected chi connectivity index (χ3v) is 6.88. The Bertz CT molecular complexity index is 1020. The molecule has 0 unspecified atom stereocenters. The summed E-state index contributed by atoms with van der Waals surface area (Å²) in [7, 11) is 1.47. The second-order valence-corrected chi connectivity index (χ2v) is 8.83. The van der Waals surface area contributed by atoms with E-state index in [1.807, 2.05) is 36.4 Å². The van der Waals surface area contributed by atoms with Gasteiger partial charge in [-0.05, 0) is 42.0 Å². The summed E-state index contributed by atoms with van der Waals surface area (Å²) in [5.41, 5.74) is 4.49. The molecule has 2 aliphatic rings. The van der Waals surface area contributed by atoms with Crippen LogP contribution in [0.15, 0.2) is 48.5 Å². The van der Waals surface area contributed by atoms with Crippen LogP contribution in [0.3, 0.4) is 0 Å². The maximum Gasteiger partial charge on any atom is 0.407 e. The van der Waals surface area contributed by atoms with Crippen LogP contribution < -0.4 is 5.32 Å². The number of rotatable bonds is 7. The molecule has 180 valence electrons. The number of hydrogen-bond donors (Lipinski definition) is 2. The van der Waals surface area contributed by atoms with Crippen molar-refractivity contribution in [3.05, 3.63) is 59.7 Å². The number of carbonyl (C=O) groups is 3. The van der Waals surface area contributed by atoms with Gasteiger partial charge in [-0.25, -0.2) is 4.79 Å². The number of amides is 2. The minimum Gasteiger partial charge on any atom is -0.481 e. The Morgan fingerprint density at radius 2 is 1.59 bits per heavy atom. The van der Waals surface area contributed by atoms with Gasteiger partial charge in [-0.3, -0.25) is 9.59 Å². The normalized spacial score (nSPS) is 17.4. The van der Waals surface area contributed by atoms with E-state index in [0.29, 0.717) is 25.9 Å². The van der Waals surface area contributed by atoms with Crippen molar-refractivity contribution in [2.24, 2.45) is 5.92 Å². The van der Waals surface area contributed by atoms with E-state index in [4.69, 9.17) is 9.47 Å². The number of alkyl carbamates (subject to hydrolysis) is 1. The van der Waals surface area contributed by atoms with Gasteiger partial charge < -0.3 is 24.8 Å². The molecule has 2 N–H and O–H groups in total. The monoisotopic (exact) mass is 466 g/mol. The fourth-order valence-corrected chi connectivity index (χ4v) is 4.83. The molecule has 0 aromatic heterocycles. The van der Waals surface area contributed by atoms with E-state index in [9.17, 15) is 19.5 Å². The average Bonchev–Trinajstić information content (AvgIpc) is 3.19. The van der Waals surface area contributed by atoms with E-state index in [-0.39, 0.29) is 18.4 Å². The maximum absolute atomic E-state index is 13.1. The van der Waals surface area contributed by atoms with Gasteiger partial charge in [0.1, 0.15) is 12.6 Å². The first-order valence-corrected chi connectivity index (χ1v) is 11.6. The number of nitrogens with zero attached hydrogens (tertiary/aromatic N) is 1. The minimum atomic E-state index is -0.929. The Hall–Kier alpha value is -3.39. The van der Waals surface area contributed by atoms with Gasteiger partial charge in [0.05, 0.1) is 12.0 Å². The van der Waals surface area contributed by atoms with Crippen LogP contribution in [-0.2, 0) is 19.1 Å². The largest absolute Gasteiger partial charge is 0.481 e. The van der Waals surface area contributed by atoms with Gasteiger partial charge in [0, 0.05) is 26.1 Å². The van der Waals surface area contributed by atoms with Gasteiger partial charge in [0.25, 0.3) is 0 Å². The molecule has 2 aromatic carbocycles. The third kappa shape index (κ3) is 4.77. The summed E-state index contributed by atoms with van der Waals surface area (Å²) in [6, 6.07) is 15.2. The van der Waals surface area contributed by atoms with Crippen molar-refractivity contribution >= 4 is 18.0 Å². The van der Waals surface area contributed by atoms with Crippen LogP contribution in [0.4, 0.5) is 4.79 Å². The molecule has 8 heteroatoms. The van der Waals surface area contributed by atoms with E-state index in [1.54, 1.807) is 11.8 Å². The number of carboxylic acids is 1. The lowest BCUT2D eigenvalue weighted by atomic mass is 9.96. The fourth-order valence-electron chi connectivity index (χ4n) is 4.83. The van der Waals surface area contributed by atoms with Crippen LogP contribution in [-0.4, -0.2) is 66.9 Å². The molecule has 1 aliphatic carbocycles. The number of likely N-dealkylation sites (tertiary alicyclic amines) is 1. The number of carbonyl (C=O) groups excluding carboxylic acids is 2. The van der Waals surface area contributed by atoms with Crippen molar-refractivity contribution in [2.45, 2.75) is 37.8 Å². The quantitative estimate of drug-likeness (QED) is 0.649.